The van der Waals surface area contributed by atoms with E-state index in [1.54, 1.807) is 36.4 Å². The van der Waals surface area contributed by atoms with E-state index in [1.165, 1.54) is 10.4 Å². The summed E-state index contributed by atoms with van der Waals surface area (Å²) < 4.78 is 43.6. The summed E-state index contributed by atoms with van der Waals surface area (Å²) in [6.07, 6.45) is 2.76. The number of nitrogens with one attached hydrogen (secondary N) is 1. The maximum Gasteiger partial charge on any atom is 0.277 e. The van der Waals surface area contributed by atoms with E-state index in [0.29, 0.717) is 41.7 Å². The predicted molar refractivity (Wildman–Crippen MR) is 124 cm³/mol. The molecule has 1 aromatic heterocycles. The number of fused-ring (bicyclic) bond motifs is 1. The van der Waals surface area contributed by atoms with Crippen LogP contribution in [0.1, 0.15) is 19.3 Å². The molecule has 2 aliphatic heterocycles. The monoisotopic (exact) mass is 502 g/mol. The number of hydrogen-bond acceptors (Lipinski definition) is 9. The van der Waals surface area contributed by atoms with E-state index in [9.17, 15) is 13.2 Å². The highest BCUT2D eigenvalue weighted by Crippen LogP contribution is 2.36. The minimum absolute atomic E-state index is 0.0197. The summed E-state index contributed by atoms with van der Waals surface area (Å²) in [5.41, 5.74) is 1.09. The van der Waals surface area contributed by atoms with Crippen molar-refractivity contribution in [2.45, 2.75) is 29.4 Å². The zero-order valence-corrected chi connectivity index (χ0v) is 19.7. The zero-order chi connectivity index (χ0) is 23.5. The average Bonchev–Trinajstić information content (AvgIpc) is 3.52. The second kappa shape index (κ2) is 9.65. The lowest BCUT2D eigenvalue weighted by Crippen LogP contribution is -2.35. The second-order valence-corrected chi connectivity index (χ2v) is 10.6. The first-order chi connectivity index (χ1) is 16.5. The number of aromatic nitrogens is 2. The van der Waals surface area contributed by atoms with Crippen molar-refractivity contribution in [2.24, 2.45) is 0 Å². The van der Waals surface area contributed by atoms with Gasteiger partial charge in [-0.05, 0) is 49.2 Å². The van der Waals surface area contributed by atoms with Crippen LogP contribution in [0.5, 0.6) is 11.5 Å². The molecule has 10 nitrogen and oxygen atoms in total. The summed E-state index contributed by atoms with van der Waals surface area (Å²) in [7, 11) is -3.58. The van der Waals surface area contributed by atoms with Crippen molar-refractivity contribution in [2.75, 3.05) is 31.0 Å². The lowest BCUT2D eigenvalue weighted by Gasteiger charge is -2.26. The van der Waals surface area contributed by atoms with Gasteiger partial charge in [0, 0.05) is 24.3 Å². The fourth-order valence-electron chi connectivity index (χ4n) is 3.73. The van der Waals surface area contributed by atoms with Crippen molar-refractivity contribution in [1.29, 1.82) is 0 Å². The Morgan fingerprint density at radius 3 is 2.71 bits per heavy atom. The van der Waals surface area contributed by atoms with E-state index in [0.717, 1.165) is 31.0 Å². The van der Waals surface area contributed by atoms with Crippen LogP contribution in [-0.4, -0.2) is 54.5 Å². The number of anilines is 1. The highest BCUT2D eigenvalue weighted by molar-refractivity contribution is 7.99. The Labute approximate surface area is 200 Å². The van der Waals surface area contributed by atoms with E-state index < -0.39 is 10.0 Å². The number of nitrogens with zero attached hydrogens (tertiary/aromatic N) is 3. The maximum atomic E-state index is 12.9. The van der Waals surface area contributed by atoms with Crippen LogP contribution < -0.4 is 14.8 Å². The molecule has 0 radical (unpaired) electrons. The van der Waals surface area contributed by atoms with Gasteiger partial charge in [-0.2, -0.15) is 4.31 Å². The molecular weight excluding hydrogens is 480 g/mol. The van der Waals surface area contributed by atoms with Gasteiger partial charge in [-0.25, -0.2) is 8.42 Å². The number of hydrogen-bond donors (Lipinski definition) is 1. The number of carbonyl (C=O) groups excluding carboxylic acids is 1. The van der Waals surface area contributed by atoms with Gasteiger partial charge in [0.15, 0.2) is 11.5 Å². The van der Waals surface area contributed by atoms with Gasteiger partial charge in [0.25, 0.3) is 5.22 Å². The number of thioether (sulfide) groups is 1. The first-order valence-electron chi connectivity index (χ1n) is 10.8. The predicted octanol–water partition coefficient (Wildman–Crippen LogP) is 3.37. The van der Waals surface area contributed by atoms with Crippen LogP contribution in [0.2, 0.25) is 0 Å². The molecule has 0 saturated carbocycles. The van der Waals surface area contributed by atoms with Crippen molar-refractivity contribution in [3.8, 4) is 23.0 Å². The zero-order valence-electron chi connectivity index (χ0n) is 18.1. The summed E-state index contributed by atoms with van der Waals surface area (Å²) in [6, 6.07) is 11.6. The molecule has 1 fully saturated rings. The largest absolute Gasteiger partial charge is 0.454 e. The standard InChI is InChI=1S/C22H22N4O6S2/c27-20(23-16-5-4-6-17(12-16)34(28,29)26-9-2-1-3-10-26)13-33-22-25-24-21(32-22)15-7-8-18-19(11-15)31-14-30-18/h4-8,11-12H,1-3,9-10,13-14H2,(H,23,27). The maximum absolute atomic E-state index is 12.9. The molecule has 34 heavy (non-hydrogen) atoms. The summed E-state index contributed by atoms with van der Waals surface area (Å²) in [5.74, 6) is 1.26. The van der Waals surface area contributed by atoms with Gasteiger partial charge in [-0.3, -0.25) is 4.79 Å². The number of sulfonamides is 1. The third kappa shape index (κ3) is 4.88. The number of carbonyl (C=O) groups is 1. The summed E-state index contributed by atoms with van der Waals surface area (Å²) >= 11 is 1.09. The molecule has 0 bridgehead atoms. The fraction of sp³-hybridized carbons (Fsp3) is 0.318. The Bertz CT molecular complexity index is 1300. The summed E-state index contributed by atoms with van der Waals surface area (Å²) in [4.78, 5) is 12.6. The Morgan fingerprint density at radius 1 is 1.03 bits per heavy atom. The number of piperidine rings is 1. The molecule has 0 spiro atoms. The molecule has 178 valence electrons. The highest BCUT2D eigenvalue weighted by Gasteiger charge is 2.26. The van der Waals surface area contributed by atoms with E-state index in [1.807, 2.05) is 0 Å². The van der Waals surface area contributed by atoms with Gasteiger partial charge in [0.1, 0.15) is 0 Å². The molecule has 1 amide bonds. The molecule has 1 N–H and O–H groups in total. The van der Waals surface area contributed by atoms with Crippen molar-refractivity contribution in [1.82, 2.24) is 14.5 Å². The van der Waals surface area contributed by atoms with Gasteiger partial charge in [0.2, 0.25) is 28.6 Å². The van der Waals surface area contributed by atoms with Crippen LogP contribution in [0, 0.1) is 0 Å². The Kier molecular flexibility index (Phi) is 6.44. The molecule has 0 atom stereocenters. The average molecular weight is 503 g/mol. The Morgan fingerprint density at radius 2 is 1.85 bits per heavy atom. The molecule has 12 heteroatoms. The van der Waals surface area contributed by atoms with Crippen LogP contribution >= 0.6 is 11.8 Å². The van der Waals surface area contributed by atoms with Gasteiger partial charge >= 0.3 is 0 Å². The molecule has 0 unspecified atom stereocenters. The normalized spacial score (nSPS) is 15.9. The number of rotatable bonds is 7. The van der Waals surface area contributed by atoms with Crippen LogP contribution in [0.25, 0.3) is 11.5 Å². The van der Waals surface area contributed by atoms with E-state index in [2.05, 4.69) is 15.5 Å². The second-order valence-electron chi connectivity index (χ2n) is 7.77. The molecular formula is C22H22N4O6S2. The van der Waals surface area contributed by atoms with E-state index in [-0.39, 0.29) is 28.6 Å². The van der Waals surface area contributed by atoms with Crippen molar-refractivity contribution < 1.29 is 27.1 Å². The fourth-order valence-corrected chi connectivity index (χ4v) is 5.85. The third-order valence-electron chi connectivity index (χ3n) is 5.42. The Balaban J connectivity index is 1.19. The van der Waals surface area contributed by atoms with Crippen LogP contribution in [0.4, 0.5) is 5.69 Å². The molecule has 3 aromatic rings. The quantitative estimate of drug-likeness (QED) is 0.484. The summed E-state index contributed by atoms with van der Waals surface area (Å²) in [6.45, 7) is 1.22. The van der Waals surface area contributed by atoms with E-state index in [4.69, 9.17) is 13.9 Å². The first-order valence-corrected chi connectivity index (χ1v) is 13.2. The molecule has 0 aliphatic carbocycles. The molecule has 2 aromatic carbocycles. The summed E-state index contributed by atoms with van der Waals surface area (Å²) in [5, 5.41) is 11.0. The first kappa shape index (κ1) is 22.7. The van der Waals surface area contributed by atoms with Crippen LogP contribution in [0.15, 0.2) is 57.0 Å². The van der Waals surface area contributed by atoms with Gasteiger partial charge in [-0.15, -0.1) is 10.2 Å². The van der Waals surface area contributed by atoms with Crippen molar-refractivity contribution >= 4 is 33.4 Å². The van der Waals surface area contributed by atoms with Crippen LogP contribution in [0.3, 0.4) is 0 Å². The highest BCUT2D eigenvalue weighted by atomic mass is 32.2. The van der Waals surface area contributed by atoms with Crippen molar-refractivity contribution in [3.63, 3.8) is 0 Å². The molecule has 5 rings (SSSR count). The minimum atomic E-state index is -3.58. The molecule has 1 saturated heterocycles. The van der Waals surface area contributed by atoms with Crippen molar-refractivity contribution in [3.05, 3.63) is 42.5 Å². The Hall–Kier alpha value is -3.09. The third-order valence-corrected chi connectivity index (χ3v) is 8.14. The van der Waals surface area contributed by atoms with Gasteiger partial charge < -0.3 is 19.2 Å². The van der Waals surface area contributed by atoms with Gasteiger partial charge in [0.05, 0.1) is 10.6 Å². The molecule has 3 heterocycles. The van der Waals surface area contributed by atoms with E-state index >= 15 is 0 Å². The lowest BCUT2D eigenvalue weighted by atomic mass is 10.2. The number of benzene rings is 2. The minimum Gasteiger partial charge on any atom is -0.454 e. The lowest BCUT2D eigenvalue weighted by molar-refractivity contribution is -0.113. The SMILES string of the molecule is O=C(CSc1nnc(-c2ccc3c(c2)OCO3)o1)Nc1cccc(S(=O)(=O)N2CCCCC2)c1. The number of amides is 1. The number of ether oxygens (including phenoxy) is 2. The molecule has 2 aliphatic rings. The smallest absolute Gasteiger partial charge is 0.277 e. The van der Waals surface area contributed by atoms with Crippen LogP contribution in [-0.2, 0) is 14.8 Å². The topological polar surface area (TPSA) is 124 Å². The van der Waals surface area contributed by atoms with Gasteiger partial charge in [-0.1, -0.05) is 24.2 Å².